The molecule has 1 aliphatic carbocycles. The standard InChI is InChI=1S/C32H35N2/c1-21-13-8-10-19-27(21)33-24(4)31-30(25-16-6-5-7-17-25)26-18-9-11-20-28(26)34(31)32(33)29-22(2)14-12-15-23(29)3/h8-15,18-20,25,30H,5-7,16-17H2,1-4H3/q+1/i30D. The van der Waals surface area contributed by atoms with E-state index in [4.69, 9.17) is 0 Å². The molecule has 1 unspecified atom stereocenters. The van der Waals surface area contributed by atoms with Gasteiger partial charge in [0, 0.05) is 13.9 Å². The van der Waals surface area contributed by atoms with Gasteiger partial charge in [0.05, 0.1) is 11.5 Å². The third-order valence-corrected chi connectivity index (χ3v) is 8.09. The van der Waals surface area contributed by atoms with E-state index in [1.807, 2.05) is 0 Å². The topological polar surface area (TPSA) is 8.81 Å². The first kappa shape index (κ1) is 20.3. The lowest BCUT2D eigenvalue weighted by molar-refractivity contribution is -0.590. The minimum absolute atomic E-state index is 0.336. The molecule has 0 spiro atoms. The summed E-state index contributed by atoms with van der Waals surface area (Å²) >= 11 is 0. The maximum absolute atomic E-state index is 10.2. The maximum atomic E-state index is 10.2. The Kier molecular flexibility index (Phi) is 4.93. The lowest BCUT2D eigenvalue weighted by Gasteiger charge is -2.26. The summed E-state index contributed by atoms with van der Waals surface area (Å²) in [6.45, 7) is 8.88. The van der Waals surface area contributed by atoms with E-state index in [9.17, 15) is 1.37 Å². The first-order valence-corrected chi connectivity index (χ1v) is 12.8. The molecule has 3 aromatic carbocycles. The van der Waals surface area contributed by atoms with E-state index in [0.717, 1.165) is 18.5 Å². The van der Waals surface area contributed by atoms with Crippen LogP contribution < -0.4 is 4.57 Å². The normalized spacial score (nSPS) is 20.2. The molecule has 0 amide bonds. The number of hydrogen-bond donors (Lipinski definition) is 0. The highest BCUT2D eigenvalue weighted by Crippen LogP contribution is 2.50. The van der Waals surface area contributed by atoms with E-state index < -0.39 is 5.89 Å². The Balaban J connectivity index is 1.78. The van der Waals surface area contributed by atoms with Crippen LogP contribution >= 0.6 is 0 Å². The molecule has 34 heavy (non-hydrogen) atoms. The van der Waals surface area contributed by atoms with Gasteiger partial charge >= 0.3 is 0 Å². The van der Waals surface area contributed by atoms with Crippen molar-refractivity contribution in [2.75, 3.05) is 0 Å². The Labute approximate surface area is 205 Å². The van der Waals surface area contributed by atoms with E-state index >= 15 is 0 Å². The predicted octanol–water partition coefficient (Wildman–Crippen LogP) is 7.68. The smallest absolute Gasteiger partial charge is 0.192 e. The minimum atomic E-state index is -0.736. The van der Waals surface area contributed by atoms with Crippen molar-refractivity contribution in [1.82, 2.24) is 4.57 Å². The highest BCUT2D eigenvalue weighted by molar-refractivity contribution is 5.69. The van der Waals surface area contributed by atoms with Crippen LogP contribution in [-0.4, -0.2) is 4.57 Å². The second kappa shape index (κ2) is 8.27. The summed E-state index contributed by atoms with van der Waals surface area (Å²) in [7, 11) is 0. The zero-order chi connectivity index (χ0) is 24.3. The van der Waals surface area contributed by atoms with Crippen LogP contribution in [0.5, 0.6) is 0 Å². The Hall–Kier alpha value is -3.13. The van der Waals surface area contributed by atoms with Gasteiger partial charge in [-0.1, -0.05) is 73.9 Å². The molecule has 2 nitrogen and oxygen atoms in total. The molecule has 4 aromatic rings. The van der Waals surface area contributed by atoms with E-state index in [2.05, 4.69) is 104 Å². The summed E-state index contributed by atoms with van der Waals surface area (Å²) in [6.07, 6.45) is 6.02. The molecule has 2 heterocycles. The monoisotopic (exact) mass is 448 g/mol. The first-order valence-electron chi connectivity index (χ1n) is 13.3. The molecule has 1 aromatic heterocycles. The lowest BCUT2D eigenvalue weighted by Crippen LogP contribution is -2.37. The summed E-state index contributed by atoms with van der Waals surface area (Å²) in [5.41, 5.74) is 11.0. The zero-order valence-electron chi connectivity index (χ0n) is 21.9. The van der Waals surface area contributed by atoms with Gasteiger partial charge < -0.3 is 0 Å². The van der Waals surface area contributed by atoms with Crippen LogP contribution in [0.25, 0.3) is 22.8 Å². The van der Waals surface area contributed by atoms with Crippen LogP contribution in [0.4, 0.5) is 0 Å². The first-order chi connectivity index (χ1) is 16.9. The number of benzene rings is 3. The number of para-hydroxylation sites is 2. The molecule has 0 bridgehead atoms. The van der Waals surface area contributed by atoms with Crippen LogP contribution in [0.3, 0.4) is 0 Å². The summed E-state index contributed by atoms with van der Waals surface area (Å²) in [4.78, 5) is 0. The number of aryl methyl sites for hydroxylation is 3. The number of hydrogen-bond acceptors (Lipinski definition) is 0. The molecule has 2 aliphatic rings. The molecule has 2 heteroatoms. The molecule has 0 radical (unpaired) electrons. The molecule has 172 valence electrons. The summed E-state index contributed by atoms with van der Waals surface area (Å²) < 4.78 is 15.1. The minimum Gasteiger partial charge on any atom is -0.192 e. The molecule has 0 saturated heterocycles. The van der Waals surface area contributed by atoms with Crippen molar-refractivity contribution in [3.05, 3.63) is 100 Å². The van der Waals surface area contributed by atoms with Crippen LogP contribution in [0.15, 0.2) is 66.7 Å². The predicted molar refractivity (Wildman–Crippen MR) is 140 cm³/mol. The largest absolute Gasteiger partial charge is 0.300 e. The Morgan fingerprint density at radius 2 is 1.41 bits per heavy atom. The van der Waals surface area contributed by atoms with Crippen LogP contribution in [0.2, 0.25) is 0 Å². The highest BCUT2D eigenvalue weighted by atomic mass is 15.2. The van der Waals surface area contributed by atoms with Gasteiger partial charge in [-0.2, -0.15) is 9.13 Å². The summed E-state index contributed by atoms with van der Waals surface area (Å²) in [6, 6.07) is 24.0. The second-order valence-corrected chi connectivity index (χ2v) is 10.2. The molecule has 0 N–H and O–H groups in total. The third-order valence-electron chi connectivity index (χ3n) is 8.09. The van der Waals surface area contributed by atoms with E-state index in [-0.39, 0.29) is 0 Å². The average molecular weight is 449 g/mol. The molecule has 1 aliphatic heterocycles. The molecular formula is C32H35N2+. The van der Waals surface area contributed by atoms with Gasteiger partial charge in [-0.15, -0.1) is 0 Å². The number of imidazole rings is 1. The second-order valence-electron chi connectivity index (χ2n) is 10.2. The van der Waals surface area contributed by atoms with Crippen molar-refractivity contribution in [2.45, 2.75) is 65.7 Å². The molecule has 1 fully saturated rings. The fraction of sp³-hybridized carbons (Fsp3) is 0.344. The summed E-state index contributed by atoms with van der Waals surface area (Å²) in [5, 5.41) is 0. The van der Waals surface area contributed by atoms with Crippen LogP contribution in [-0.2, 0) is 0 Å². The Bertz CT molecular complexity index is 1420. The van der Waals surface area contributed by atoms with Crippen molar-refractivity contribution in [1.29, 1.82) is 0 Å². The third kappa shape index (κ3) is 3.11. The number of nitrogens with zero attached hydrogens (tertiary/aromatic N) is 2. The highest BCUT2D eigenvalue weighted by Gasteiger charge is 2.46. The molecule has 1 atom stereocenters. The molecule has 6 rings (SSSR count). The number of fused-ring (bicyclic) bond motifs is 3. The van der Waals surface area contributed by atoms with Crippen molar-refractivity contribution in [3.8, 4) is 22.8 Å². The zero-order valence-corrected chi connectivity index (χ0v) is 20.9. The van der Waals surface area contributed by atoms with E-state index in [1.54, 1.807) is 0 Å². The van der Waals surface area contributed by atoms with Crippen molar-refractivity contribution < 1.29 is 5.94 Å². The van der Waals surface area contributed by atoms with Crippen LogP contribution in [0.1, 0.15) is 73.0 Å². The van der Waals surface area contributed by atoms with Gasteiger partial charge in [0.25, 0.3) is 5.82 Å². The fourth-order valence-corrected chi connectivity index (χ4v) is 6.51. The van der Waals surface area contributed by atoms with Gasteiger partial charge in [-0.25, -0.2) is 0 Å². The fourth-order valence-electron chi connectivity index (χ4n) is 6.51. The quantitative estimate of drug-likeness (QED) is 0.284. The number of rotatable bonds is 3. The van der Waals surface area contributed by atoms with E-state index in [1.165, 1.54) is 70.0 Å². The van der Waals surface area contributed by atoms with Crippen molar-refractivity contribution >= 4 is 0 Å². The Morgan fingerprint density at radius 1 is 0.765 bits per heavy atom. The number of aromatic nitrogens is 2. The van der Waals surface area contributed by atoms with Gasteiger partial charge in [0.1, 0.15) is 17.1 Å². The van der Waals surface area contributed by atoms with Gasteiger partial charge in [0.2, 0.25) is 0 Å². The Morgan fingerprint density at radius 3 is 2.15 bits per heavy atom. The lowest BCUT2D eigenvalue weighted by atomic mass is 9.76. The van der Waals surface area contributed by atoms with Gasteiger partial charge in [-0.3, -0.25) is 0 Å². The van der Waals surface area contributed by atoms with E-state index in [0.29, 0.717) is 5.92 Å². The van der Waals surface area contributed by atoms with Gasteiger partial charge in [-0.05, 0) is 68.4 Å². The van der Waals surface area contributed by atoms with Crippen molar-refractivity contribution in [2.24, 2.45) is 5.92 Å². The molecule has 1 saturated carbocycles. The SMILES string of the molecule is [2H]C1(C2CCCCC2)c2ccccc2-n2c1c(C)[n+](-c1ccccc1C)c2-c1c(C)cccc1C. The van der Waals surface area contributed by atoms with Crippen molar-refractivity contribution in [3.63, 3.8) is 0 Å². The maximum Gasteiger partial charge on any atom is 0.300 e. The van der Waals surface area contributed by atoms with Crippen LogP contribution in [0, 0.1) is 33.6 Å². The molecular weight excluding hydrogens is 412 g/mol. The summed E-state index contributed by atoms with van der Waals surface area (Å²) in [5.74, 6) is 0.781. The average Bonchev–Trinajstić information content (AvgIpc) is 3.31. The van der Waals surface area contributed by atoms with Gasteiger partial charge in [0.15, 0.2) is 5.69 Å².